The van der Waals surface area contributed by atoms with Crippen LogP contribution in [0, 0.1) is 6.07 Å². The van der Waals surface area contributed by atoms with Crippen molar-refractivity contribution >= 4 is 21.8 Å². The minimum Gasteiger partial charge on any atom is -0.355 e. The average molecular weight is 244 g/mol. The Morgan fingerprint density at radius 1 is 0.579 bits per heavy atom. The molecule has 1 N–H and O–H groups in total. The standard InChI is InChI=1S/C12H9N.C6H5/c1-3-7-11-9(5-1)10-6-2-4-8-12(10)13-11;1-2-4-6-5-3-1/h1-8,13H;1-5H. The summed E-state index contributed by atoms with van der Waals surface area (Å²) in [5, 5.41) is 2.61. The van der Waals surface area contributed by atoms with Gasteiger partial charge in [0, 0.05) is 21.8 Å². The van der Waals surface area contributed by atoms with Gasteiger partial charge in [0.05, 0.1) is 0 Å². The zero-order valence-electron chi connectivity index (χ0n) is 10.5. The molecule has 0 atom stereocenters. The van der Waals surface area contributed by atoms with Gasteiger partial charge in [0.2, 0.25) is 0 Å². The lowest BCUT2D eigenvalue weighted by Gasteiger charge is -1.87. The molecule has 1 radical (unpaired) electrons. The third kappa shape index (κ3) is 2.50. The molecule has 19 heavy (non-hydrogen) atoms. The van der Waals surface area contributed by atoms with Gasteiger partial charge in [0.25, 0.3) is 0 Å². The van der Waals surface area contributed by atoms with Crippen molar-refractivity contribution in [3.05, 3.63) is 84.9 Å². The van der Waals surface area contributed by atoms with E-state index in [1.807, 2.05) is 30.3 Å². The molecule has 0 aliphatic carbocycles. The van der Waals surface area contributed by atoms with Crippen molar-refractivity contribution in [3.63, 3.8) is 0 Å². The van der Waals surface area contributed by atoms with Crippen molar-refractivity contribution in [3.8, 4) is 0 Å². The Balaban J connectivity index is 0.000000155. The third-order valence-electron chi connectivity index (χ3n) is 3.02. The van der Waals surface area contributed by atoms with Gasteiger partial charge < -0.3 is 4.98 Å². The van der Waals surface area contributed by atoms with Crippen LogP contribution in [0.1, 0.15) is 0 Å². The van der Waals surface area contributed by atoms with Crippen LogP contribution in [0.2, 0.25) is 0 Å². The van der Waals surface area contributed by atoms with Crippen molar-refractivity contribution in [2.45, 2.75) is 0 Å². The van der Waals surface area contributed by atoms with Gasteiger partial charge >= 0.3 is 0 Å². The minimum atomic E-state index is 1.21. The topological polar surface area (TPSA) is 15.8 Å². The van der Waals surface area contributed by atoms with E-state index in [0.717, 1.165) is 0 Å². The molecule has 1 heterocycles. The number of para-hydroxylation sites is 2. The number of hydrogen-bond donors (Lipinski definition) is 1. The van der Waals surface area contributed by atoms with Crippen molar-refractivity contribution in [1.82, 2.24) is 4.98 Å². The molecule has 1 aromatic heterocycles. The number of aromatic amines is 1. The monoisotopic (exact) mass is 244 g/mol. The Labute approximate surface area is 112 Å². The van der Waals surface area contributed by atoms with Crippen LogP contribution in [0.5, 0.6) is 0 Å². The molecule has 0 spiro atoms. The molecular weight excluding hydrogens is 230 g/mol. The number of aromatic nitrogens is 1. The van der Waals surface area contributed by atoms with Crippen LogP contribution in [0.3, 0.4) is 0 Å². The summed E-state index contributed by atoms with van der Waals surface area (Å²) < 4.78 is 0. The smallest absolute Gasteiger partial charge is 0.0464 e. The summed E-state index contributed by atoms with van der Waals surface area (Å²) in [6.45, 7) is 0. The summed E-state index contributed by atoms with van der Waals surface area (Å²) in [5.41, 5.74) is 2.42. The Morgan fingerprint density at radius 3 is 1.53 bits per heavy atom. The van der Waals surface area contributed by atoms with Crippen LogP contribution in [-0.4, -0.2) is 4.98 Å². The summed E-state index contributed by atoms with van der Waals surface area (Å²) >= 11 is 0. The van der Waals surface area contributed by atoms with Crippen LogP contribution >= 0.6 is 0 Å². The highest BCUT2D eigenvalue weighted by molar-refractivity contribution is 6.06. The molecule has 0 bridgehead atoms. The Bertz CT molecular complexity index is 692. The summed E-state index contributed by atoms with van der Waals surface area (Å²) in [5.74, 6) is 0. The first-order valence-corrected chi connectivity index (χ1v) is 6.32. The summed E-state index contributed by atoms with van der Waals surface area (Å²) in [6.07, 6.45) is 0. The van der Waals surface area contributed by atoms with E-state index in [-0.39, 0.29) is 0 Å². The molecule has 1 nitrogen and oxygen atoms in total. The highest BCUT2D eigenvalue weighted by Gasteiger charge is 2.00. The molecule has 91 valence electrons. The molecule has 0 unspecified atom stereocenters. The first-order chi connectivity index (χ1) is 9.45. The molecule has 0 aliphatic rings. The van der Waals surface area contributed by atoms with E-state index in [0.29, 0.717) is 0 Å². The van der Waals surface area contributed by atoms with Crippen molar-refractivity contribution in [2.75, 3.05) is 0 Å². The van der Waals surface area contributed by atoms with E-state index in [4.69, 9.17) is 0 Å². The zero-order valence-corrected chi connectivity index (χ0v) is 10.5. The van der Waals surface area contributed by atoms with Crippen LogP contribution in [0.15, 0.2) is 78.9 Å². The zero-order chi connectivity index (χ0) is 12.9. The fraction of sp³-hybridized carbons (Fsp3) is 0. The van der Waals surface area contributed by atoms with Gasteiger partial charge in [-0.3, -0.25) is 0 Å². The summed E-state index contributed by atoms with van der Waals surface area (Å²) in [7, 11) is 0. The lowest BCUT2D eigenvalue weighted by Crippen LogP contribution is -1.62. The van der Waals surface area contributed by atoms with E-state index >= 15 is 0 Å². The van der Waals surface area contributed by atoms with Crippen molar-refractivity contribution in [1.29, 1.82) is 0 Å². The molecule has 0 fully saturated rings. The largest absolute Gasteiger partial charge is 0.355 e. The van der Waals surface area contributed by atoms with E-state index in [1.54, 1.807) is 0 Å². The molecule has 0 amide bonds. The number of H-pyrrole nitrogens is 1. The van der Waals surface area contributed by atoms with Gasteiger partial charge in [-0.15, -0.1) is 0 Å². The van der Waals surface area contributed by atoms with Crippen molar-refractivity contribution in [2.24, 2.45) is 0 Å². The van der Waals surface area contributed by atoms with E-state index in [9.17, 15) is 0 Å². The Kier molecular flexibility index (Phi) is 3.28. The molecule has 4 aromatic rings. The summed E-state index contributed by atoms with van der Waals surface area (Å²) in [6, 6.07) is 29.3. The van der Waals surface area contributed by atoms with Crippen LogP contribution < -0.4 is 0 Å². The second kappa shape index (κ2) is 5.40. The van der Waals surface area contributed by atoms with Gasteiger partial charge in [-0.05, 0) is 18.2 Å². The molecule has 0 saturated carbocycles. The highest BCUT2D eigenvalue weighted by atomic mass is 14.7. The van der Waals surface area contributed by atoms with E-state index in [1.165, 1.54) is 21.8 Å². The fourth-order valence-corrected chi connectivity index (χ4v) is 2.14. The highest BCUT2D eigenvalue weighted by Crippen LogP contribution is 2.24. The van der Waals surface area contributed by atoms with Gasteiger partial charge in [-0.2, -0.15) is 0 Å². The van der Waals surface area contributed by atoms with Gasteiger partial charge in [-0.25, -0.2) is 0 Å². The average Bonchev–Trinajstić information content (AvgIpc) is 2.88. The predicted molar refractivity (Wildman–Crippen MR) is 81.1 cm³/mol. The van der Waals surface area contributed by atoms with E-state index < -0.39 is 0 Å². The van der Waals surface area contributed by atoms with Gasteiger partial charge in [0.15, 0.2) is 0 Å². The number of benzene rings is 3. The first-order valence-electron chi connectivity index (χ1n) is 6.32. The number of rotatable bonds is 0. The molecule has 4 rings (SSSR count). The maximum absolute atomic E-state index is 3.38. The molecule has 0 aliphatic heterocycles. The predicted octanol–water partition coefficient (Wildman–Crippen LogP) is 4.81. The Morgan fingerprint density at radius 2 is 1.11 bits per heavy atom. The molecular formula is C18H14N. The molecule has 3 aromatic carbocycles. The van der Waals surface area contributed by atoms with Crippen LogP contribution in [0.25, 0.3) is 21.8 Å². The van der Waals surface area contributed by atoms with E-state index in [2.05, 4.69) is 59.6 Å². The quantitative estimate of drug-likeness (QED) is 0.457. The fourth-order valence-electron chi connectivity index (χ4n) is 2.14. The second-order valence-electron chi connectivity index (χ2n) is 4.29. The normalized spacial score (nSPS) is 10.1. The molecule has 1 heteroatoms. The van der Waals surface area contributed by atoms with Crippen LogP contribution in [-0.2, 0) is 0 Å². The minimum absolute atomic E-state index is 1.21. The molecule has 0 saturated heterocycles. The second-order valence-corrected chi connectivity index (χ2v) is 4.29. The lowest BCUT2D eigenvalue weighted by atomic mass is 10.2. The van der Waals surface area contributed by atoms with Crippen LogP contribution in [0.4, 0.5) is 0 Å². The number of hydrogen-bond acceptors (Lipinski definition) is 0. The maximum atomic E-state index is 3.38. The SMILES string of the molecule is [c]1ccccc1.c1ccc2c(c1)[nH]c1ccccc12. The number of fused-ring (bicyclic) bond motifs is 3. The maximum Gasteiger partial charge on any atom is 0.0464 e. The first kappa shape index (κ1) is 11.5. The lowest BCUT2D eigenvalue weighted by molar-refractivity contribution is 1.55. The van der Waals surface area contributed by atoms with Crippen molar-refractivity contribution < 1.29 is 0 Å². The summed E-state index contributed by atoms with van der Waals surface area (Å²) in [4.78, 5) is 3.38. The Hall–Kier alpha value is -2.54. The van der Waals surface area contributed by atoms with Gasteiger partial charge in [0.1, 0.15) is 0 Å². The van der Waals surface area contributed by atoms with Gasteiger partial charge in [-0.1, -0.05) is 66.7 Å². The number of nitrogens with one attached hydrogen (secondary N) is 1. The third-order valence-corrected chi connectivity index (χ3v) is 3.02.